The number of likely N-dealkylation sites (tertiary alicyclic amines) is 1. The van der Waals surface area contributed by atoms with Gasteiger partial charge in [-0.1, -0.05) is 4.49 Å². The SMILES string of the molecule is O=C(O)c1snnc1CN1CCCC1. The van der Waals surface area contributed by atoms with Crippen molar-refractivity contribution in [3.05, 3.63) is 10.6 Å². The second kappa shape index (κ2) is 4.02. The van der Waals surface area contributed by atoms with Gasteiger partial charge in [0.1, 0.15) is 5.69 Å². The molecule has 1 saturated heterocycles. The molecule has 1 aliphatic rings. The minimum atomic E-state index is -0.922. The summed E-state index contributed by atoms with van der Waals surface area (Å²) in [5.41, 5.74) is 0.601. The Morgan fingerprint density at radius 3 is 2.86 bits per heavy atom. The number of rotatable bonds is 3. The molecule has 0 saturated carbocycles. The van der Waals surface area contributed by atoms with Gasteiger partial charge in [0.2, 0.25) is 0 Å². The maximum Gasteiger partial charge on any atom is 0.349 e. The van der Waals surface area contributed by atoms with Crippen molar-refractivity contribution in [1.82, 2.24) is 14.5 Å². The van der Waals surface area contributed by atoms with Crippen LogP contribution in [-0.2, 0) is 6.54 Å². The first-order valence-corrected chi connectivity index (χ1v) is 5.31. The Bertz CT molecular complexity index is 333. The van der Waals surface area contributed by atoms with Gasteiger partial charge in [-0.05, 0) is 37.5 Å². The first-order chi connectivity index (χ1) is 6.77. The van der Waals surface area contributed by atoms with Crippen LogP contribution in [0.15, 0.2) is 0 Å². The molecule has 0 unspecified atom stereocenters. The molecule has 0 spiro atoms. The van der Waals surface area contributed by atoms with E-state index >= 15 is 0 Å². The minimum Gasteiger partial charge on any atom is -0.477 e. The number of hydrogen-bond donors (Lipinski definition) is 1. The summed E-state index contributed by atoms with van der Waals surface area (Å²) in [6.45, 7) is 2.70. The van der Waals surface area contributed by atoms with Crippen LogP contribution in [0.5, 0.6) is 0 Å². The molecule has 1 fully saturated rings. The molecule has 1 aliphatic heterocycles. The molecular weight excluding hydrogens is 202 g/mol. The quantitative estimate of drug-likeness (QED) is 0.805. The zero-order chi connectivity index (χ0) is 9.97. The van der Waals surface area contributed by atoms with Crippen LogP contribution in [0.1, 0.15) is 28.2 Å². The van der Waals surface area contributed by atoms with E-state index in [4.69, 9.17) is 5.11 Å². The molecule has 14 heavy (non-hydrogen) atoms. The van der Waals surface area contributed by atoms with Gasteiger partial charge in [0.05, 0.1) is 0 Å². The predicted molar refractivity (Wildman–Crippen MR) is 51.4 cm³/mol. The minimum absolute atomic E-state index is 0.275. The van der Waals surface area contributed by atoms with E-state index in [1.807, 2.05) is 0 Å². The lowest BCUT2D eigenvalue weighted by Gasteiger charge is -2.11. The number of carboxylic acid groups (broad SMARTS) is 1. The second-order valence-electron chi connectivity index (χ2n) is 3.34. The van der Waals surface area contributed by atoms with Crippen molar-refractivity contribution in [1.29, 1.82) is 0 Å². The molecule has 0 bridgehead atoms. The molecule has 6 heteroatoms. The maximum absolute atomic E-state index is 10.8. The topological polar surface area (TPSA) is 66.3 Å². The highest BCUT2D eigenvalue weighted by Gasteiger charge is 2.19. The highest BCUT2D eigenvalue weighted by molar-refractivity contribution is 7.07. The van der Waals surface area contributed by atoms with Crippen LogP contribution in [0.4, 0.5) is 0 Å². The summed E-state index contributed by atoms with van der Waals surface area (Å²) in [7, 11) is 0. The molecule has 0 aromatic carbocycles. The zero-order valence-corrected chi connectivity index (χ0v) is 8.46. The molecular formula is C8H11N3O2S. The lowest BCUT2D eigenvalue weighted by Crippen LogP contribution is -2.20. The number of carboxylic acids is 1. The lowest BCUT2D eigenvalue weighted by atomic mass is 10.3. The average Bonchev–Trinajstić information content (AvgIpc) is 2.75. The van der Waals surface area contributed by atoms with Crippen LogP contribution in [0.25, 0.3) is 0 Å². The van der Waals surface area contributed by atoms with Crippen LogP contribution in [0, 0.1) is 0 Å². The number of hydrogen-bond acceptors (Lipinski definition) is 5. The Balaban J connectivity index is 2.07. The van der Waals surface area contributed by atoms with Gasteiger partial charge in [-0.15, -0.1) is 5.10 Å². The molecule has 0 radical (unpaired) electrons. The molecule has 1 aromatic rings. The number of aromatic nitrogens is 2. The fraction of sp³-hybridized carbons (Fsp3) is 0.625. The third-order valence-electron chi connectivity index (χ3n) is 2.32. The fourth-order valence-electron chi connectivity index (χ4n) is 1.63. The molecule has 2 heterocycles. The summed E-state index contributed by atoms with van der Waals surface area (Å²) in [5.74, 6) is -0.922. The summed E-state index contributed by atoms with van der Waals surface area (Å²) in [6, 6.07) is 0. The third kappa shape index (κ3) is 1.91. The first kappa shape index (κ1) is 9.54. The summed E-state index contributed by atoms with van der Waals surface area (Å²) in [6.07, 6.45) is 2.39. The smallest absolute Gasteiger partial charge is 0.349 e. The average molecular weight is 213 g/mol. The van der Waals surface area contributed by atoms with E-state index in [9.17, 15) is 4.79 Å². The standard InChI is InChI=1S/C8H11N3O2S/c12-8(13)7-6(9-10-14-7)5-11-3-1-2-4-11/h1-5H2,(H,12,13). The normalized spacial score (nSPS) is 17.4. The van der Waals surface area contributed by atoms with Gasteiger partial charge in [-0.2, -0.15) is 0 Å². The van der Waals surface area contributed by atoms with E-state index in [0.717, 1.165) is 24.6 Å². The summed E-state index contributed by atoms with van der Waals surface area (Å²) in [4.78, 5) is 13.3. The molecule has 0 amide bonds. The maximum atomic E-state index is 10.8. The van der Waals surface area contributed by atoms with Crippen LogP contribution >= 0.6 is 11.5 Å². The van der Waals surface area contributed by atoms with Gasteiger partial charge in [0.15, 0.2) is 4.88 Å². The Morgan fingerprint density at radius 1 is 1.50 bits per heavy atom. The van der Waals surface area contributed by atoms with Crippen molar-refractivity contribution < 1.29 is 9.90 Å². The lowest BCUT2D eigenvalue weighted by molar-refractivity contribution is 0.0699. The molecule has 76 valence electrons. The van der Waals surface area contributed by atoms with Crippen molar-refractivity contribution in [2.45, 2.75) is 19.4 Å². The molecule has 0 aliphatic carbocycles. The molecule has 1 aromatic heterocycles. The number of nitrogens with zero attached hydrogens (tertiary/aromatic N) is 3. The Morgan fingerprint density at radius 2 is 2.21 bits per heavy atom. The number of carbonyl (C=O) groups is 1. The Hall–Kier alpha value is -1.01. The van der Waals surface area contributed by atoms with Crippen LogP contribution < -0.4 is 0 Å². The molecule has 2 rings (SSSR count). The van der Waals surface area contributed by atoms with Crippen molar-refractivity contribution in [2.75, 3.05) is 13.1 Å². The van der Waals surface area contributed by atoms with Crippen molar-refractivity contribution >= 4 is 17.5 Å². The molecule has 5 nitrogen and oxygen atoms in total. The van der Waals surface area contributed by atoms with E-state index in [-0.39, 0.29) is 4.88 Å². The van der Waals surface area contributed by atoms with Gasteiger partial charge < -0.3 is 5.11 Å². The Kier molecular flexibility index (Phi) is 2.74. The highest BCUT2D eigenvalue weighted by atomic mass is 32.1. The summed E-state index contributed by atoms with van der Waals surface area (Å²) in [5, 5.41) is 12.7. The van der Waals surface area contributed by atoms with Crippen molar-refractivity contribution in [3.63, 3.8) is 0 Å². The van der Waals surface area contributed by atoms with E-state index < -0.39 is 5.97 Å². The highest BCUT2D eigenvalue weighted by Crippen LogP contribution is 2.16. The third-order valence-corrected chi connectivity index (χ3v) is 3.08. The van der Waals surface area contributed by atoms with Gasteiger partial charge in [-0.3, -0.25) is 4.90 Å². The van der Waals surface area contributed by atoms with E-state index in [2.05, 4.69) is 14.5 Å². The second-order valence-corrected chi connectivity index (χ2v) is 4.09. The molecule has 1 N–H and O–H groups in total. The van der Waals surface area contributed by atoms with Gasteiger partial charge >= 0.3 is 5.97 Å². The largest absolute Gasteiger partial charge is 0.477 e. The van der Waals surface area contributed by atoms with Crippen molar-refractivity contribution in [3.8, 4) is 0 Å². The van der Waals surface area contributed by atoms with E-state index in [1.54, 1.807) is 0 Å². The zero-order valence-electron chi connectivity index (χ0n) is 7.64. The van der Waals surface area contributed by atoms with Crippen LogP contribution in [-0.4, -0.2) is 38.7 Å². The summed E-state index contributed by atoms with van der Waals surface area (Å²) < 4.78 is 3.67. The van der Waals surface area contributed by atoms with Crippen molar-refractivity contribution in [2.24, 2.45) is 0 Å². The van der Waals surface area contributed by atoms with Gasteiger partial charge in [-0.25, -0.2) is 4.79 Å². The van der Waals surface area contributed by atoms with E-state index in [0.29, 0.717) is 12.2 Å². The first-order valence-electron chi connectivity index (χ1n) is 4.54. The monoisotopic (exact) mass is 213 g/mol. The van der Waals surface area contributed by atoms with Crippen LogP contribution in [0.3, 0.4) is 0 Å². The fourth-order valence-corrected chi connectivity index (χ4v) is 2.14. The summed E-state index contributed by atoms with van der Waals surface area (Å²) >= 11 is 0.954. The van der Waals surface area contributed by atoms with Crippen LogP contribution in [0.2, 0.25) is 0 Å². The predicted octanol–water partition coefficient (Wildman–Crippen LogP) is 0.832. The number of aromatic carboxylic acids is 1. The van der Waals surface area contributed by atoms with E-state index in [1.165, 1.54) is 12.8 Å². The van der Waals surface area contributed by atoms with Gasteiger partial charge in [0.25, 0.3) is 0 Å². The Labute approximate surface area is 85.5 Å². The molecule has 0 atom stereocenters. The van der Waals surface area contributed by atoms with Gasteiger partial charge in [0, 0.05) is 6.54 Å².